The summed E-state index contributed by atoms with van der Waals surface area (Å²) in [6.07, 6.45) is 0.172. The van der Waals surface area contributed by atoms with Gasteiger partial charge >= 0.3 is 0 Å². The van der Waals surface area contributed by atoms with E-state index < -0.39 is 0 Å². The van der Waals surface area contributed by atoms with Crippen molar-refractivity contribution in [2.24, 2.45) is 0 Å². The van der Waals surface area contributed by atoms with E-state index in [4.69, 9.17) is 4.74 Å². The van der Waals surface area contributed by atoms with Crippen LogP contribution in [0.3, 0.4) is 0 Å². The van der Waals surface area contributed by atoms with E-state index in [1.807, 2.05) is 6.07 Å². The van der Waals surface area contributed by atoms with Gasteiger partial charge in [0.15, 0.2) is 0 Å². The third kappa shape index (κ3) is 3.85. The number of benzene rings is 2. The Labute approximate surface area is 128 Å². The molecular weight excluding hydrogens is 258 g/mol. The molecule has 0 aliphatic heterocycles. The van der Waals surface area contributed by atoms with Crippen LogP contribution in [0.5, 0.6) is 5.75 Å². The van der Waals surface area contributed by atoms with Crippen molar-refractivity contribution in [3.8, 4) is 5.75 Å². The Morgan fingerprint density at radius 3 is 2.19 bits per heavy atom. The molecule has 112 valence electrons. The van der Waals surface area contributed by atoms with Crippen molar-refractivity contribution in [1.82, 2.24) is 5.32 Å². The van der Waals surface area contributed by atoms with E-state index in [2.05, 4.69) is 75.5 Å². The molecule has 2 heteroatoms. The molecule has 0 amide bonds. The minimum absolute atomic E-state index is 0.158. The maximum Gasteiger partial charge on any atom is 0.124 e. The average molecular weight is 283 g/mol. The van der Waals surface area contributed by atoms with E-state index in [-0.39, 0.29) is 12.1 Å². The van der Waals surface area contributed by atoms with Crippen LogP contribution in [0.1, 0.15) is 43.5 Å². The SMILES string of the molecule is CCNC(c1ccccc1C)c1ccccc1OC(C)C. The summed E-state index contributed by atoms with van der Waals surface area (Å²) in [5.74, 6) is 0.960. The van der Waals surface area contributed by atoms with Crippen molar-refractivity contribution >= 4 is 0 Å². The Bertz CT molecular complexity index is 577. The highest BCUT2D eigenvalue weighted by Crippen LogP contribution is 2.32. The highest BCUT2D eigenvalue weighted by molar-refractivity contribution is 5.44. The first-order chi connectivity index (χ1) is 10.1. The second kappa shape index (κ2) is 7.28. The summed E-state index contributed by atoms with van der Waals surface area (Å²) >= 11 is 0. The van der Waals surface area contributed by atoms with Gasteiger partial charge in [-0.3, -0.25) is 0 Å². The lowest BCUT2D eigenvalue weighted by Gasteiger charge is -2.24. The molecular formula is C19H25NO. The second-order valence-corrected chi connectivity index (χ2v) is 5.55. The molecule has 1 N–H and O–H groups in total. The zero-order valence-electron chi connectivity index (χ0n) is 13.4. The molecule has 0 spiro atoms. The van der Waals surface area contributed by atoms with Crippen molar-refractivity contribution in [2.45, 2.75) is 39.8 Å². The van der Waals surface area contributed by atoms with Gasteiger partial charge in [-0.25, -0.2) is 0 Å². The van der Waals surface area contributed by atoms with Gasteiger partial charge in [-0.2, -0.15) is 0 Å². The predicted molar refractivity (Wildman–Crippen MR) is 88.9 cm³/mol. The Kier molecular flexibility index (Phi) is 5.40. The van der Waals surface area contributed by atoms with Crippen LogP contribution in [0.4, 0.5) is 0 Å². The standard InChI is InChI=1S/C19H25NO/c1-5-20-19(16-11-7-6-10-15(16)4)17-12-8-9-13-18(17)21-14(2)3/h6-14,19-20H,5H2,1-4H3. The average Bonchev–Trinajstić information content (AvgIpc) is 2.46. The molecule has 0 bridgehead atoms. The van der Waals surface area contributed by atoms with Crippen LogP contribution in [-0.4, -0.2) is 12.6 Å². The molecule has 21 heavy (non-hydrogen) atoms. The molecule has 0 saturated carbocycles. The Morgan fingerprint density at radius 2 is 1.57 bits per heavy atom. The summed E-state index contributed by atoms with van der Waals surface area (Å²) in [4.78, 5) is 0. The zero-order chi connectivity index (χ0) is 15.2. The first-order valence-corrected chi connectivity index (χ1v) is 7.68. The zero-order valence-corrected chi connectivity index (χ0v) is 13.4. The quantitative estimate of drug-likeness (QED) is 0.844. The van der Waals surface area contributed by atoms with E-state index in [9.17, 15) is 0 Å². The Balaban J connectivity index is 2.46. The third-order valence-corrected chi connectivity index (χ3v) is 3.50. The van der Waals surface area contributed by atoms with Crippen molar-refractivity contribution in [2.75, 3.05) is 6.54 Å². The van der Waals surface area contributed by atoms with Gasteiger partial charge < -0.3 is 10.1 Å². The summed E-state index contributed by atoms with van der Waals surface area (Å²) in [5, 5.41) is 3.59. The van der Waals surface area contributed by atoms with Crippen LogP contribution < -0.4 is 10.1 Å². The minimum Gasteiger partial charge on any atom is -0.491 e. The van der Waals surface area contributed by atoms with Crippen molar-refractivity contribution < 1.29 is 4.74 Å². The first kappa shape index (κ1) is 15.6. The summed E-state index contributed by atoms with van der Waals surface area (Å²) in [5.41, 5.74) is 3.80. The van der Waals surface area contributed by atoms with Gasteiger partial charge in [0.2, 0.25) is 0 Å². The molecule has 0 fully saturated rings. The normalized spacial score (nSPS) is 12.4. The van der Waals surface area contributed by atoms with Gasteiger partial charge in [0.05, 0.1) is 12.1 Å². The number of hydrogen-bond acceptors (Lipinski definition) is 2. The highest BCUT2D eigenvalue weighted by Gasteiger charge is 2.19. The topological polar surface area (TPSA) is 21.3 Å². The maximum atomic E-state index is 5.99. The summed E-state index contributed by atoms with van der Waals surface area (Å²) in [7, 11) is 0. The smallest absolute Gasteiger partial charge is 0.124 e. The van der Waals surface area contributed by atoms with Crippen LogP contribution in [0, 0.1) is 6.92 Å². The lowest BCUT2D eigenvalue weighted by atomic mass is 9.94. The first-order valence-electron chi connectivity index (χ1n) is 7.68. The molecule has 2 nitrogen and oxygen atoms in total. The molecule has 2 rings (SSSR count). The number of rotatable bonds is 6. The highest BCUT2D eigenvalue weighted by atomic mass is 16.5. The monoisotopic (exact) mass is 283 g/mol. The van der Waals surface area contributed by atoms with Gasteiger partial charge in [0.25, 0.3) is 0 Å². The van der Waals surface area contributed by atoms with Crippen LogP contribution in [0.15, 0.2) is 48.5 Å². The molecule has 2 aromatic carbocycles. The molecule has 0 aromatic heterocycles. The van der Waals surface area contributed by atoms with E-state index >= 15 is 0 Å². The van der Waals surface area contributed by atoms with E-state index in [0.29, 0.717) is 0 Å². The van der Waals surface area contributed by atoms with Gasteiger partial charge in [0, 0.05) is 5.56 Å². The number of nitrogens with one attached hydrogen (secondary N) is 1. The molecule has 0 radical (unpaired) electrons. The maximum absolute atomic E-state index is 5.99. The fourth-order valence-corrected chi connectivity index (χ4v) is 2.58. The fraction of sp³-hybridized carbons (Fsp3) is 0.368. The van der Waals surface area contributed by atoms with Gasteiger partial charge in [-0.15, -0.1) is 0 Å². The summed E-state index contributed by atoms with van der Waals surface area (Å²) in [6.45, 7) is 9.33. The Hall–Kier alpha value is -1.80. The number of para-hydroxylation sites is 1. The van der Waals surface area contributed by atoms with Crippen molar-refractivity contribution in [3.63, 3.8) is 0 Å². The Morgan fingerprint density at radius 1 is 0.952 bits per heavy atom. The van der Waals surface area contributed by atoms with E-state index in [0.717, 1.165) is 12.3 Å². The lowest BCUT2D eigenvalue weighted by molar-refractivity contribution is 0.238. The number of aryl methyl sites for hydroxylation is 1. The van der Waals surface area contributed by atoms with Crippen LogP contribution >= 0.6 is 0 Å². The largest absolute Gasteiger partial charge is 0.491 e. The van der Waals surface area contributed by atoms with E-state index in [1.165, 1.54) is 16.7 Å². The van der Waals surface area contributed by atoms with E-state index in [1.54, 1.807) is 0 Å². The van der Waals surface area contributed by atoms with Crippen LogP contribution in [0.2, 0.25) is 0 Å². The van der Waals surface area contributed by atoms with Gasteiger partial charge in [0.1, 0.15) is 5.75 Å². The summed E-state index contributed by atoms with van der Waals surface area (Å²) < 4.78 is 5.99. The molecule has 2 aromatic rings. The molecule has 1 atom stereocenters. The van der Waals surface area contributed by atoms with Crippen LogP contribution in [-0.2, 0) is 0 Å². The number of hydrogen-bond donors (Lipinski definition) is 1. The number of ether oxygens (including phenoxy) is 1. The predicted octanol–water partition coefficient (Wildman–Crippen LogP) is 4.48. The molecule has 1 unspecified atom stereocenters. The lowest BCUT2D eigenvalue weighted by Crippen LogP contribution is -2.24. The fourth-order valence-electron chi connectivity index (χ4n) is 2.58. The van der Waals surface area contributed by atoms with Crippen molar-refractivity contribution in [1.29, 1.82) is 0 Å². The molecule has 0 aliphatic carbocycles. The molecule has 0 saturated heterocycles. The van der Waals surface area contributed by atoms with Gasteiger partial charge in [-0.1, -0.05) is 49.4 Å². The third-order valence-electron chi connectivity index (χ3n) is 3.50. The molecule has 0 aliphatic rings. The van der Waals surface area contributed by atoms with Crippen molar-refractivity contribution in [3.05, 3.63) is 65.2 Å². The summed E-state index contributed by atoms with van der Waals surface area (Å²) in [6, 6.07) is 17.0. The van der Waals surface area contributed by atoms with Crippen LogP contribution in [0.25, 0.3) is 0 Å². The second-order valence-electron chi connectivity index (χ2n) is 5.55. The van der Waals surface area contributed by atoms with Gasteiger partial charge in [-0.05, 0) is 44.5 Å². The minimum atomic E-state index is 0.158. The molecule has 0 heterocycles.